The van der Waals surface area contributed by atoms with Gasteiger partial charge in [-0.05, 0) is 19.3 Å². The average molecular weight is 263 g/mol. The third-order valence-corrected chi connectivity index (χ3v) is 5.38. The lowest BCUT2D eigenvalue weighted by Gasteiger charge is -2.13. The lowest BCUT2D eigenvalue weighted by atomic mass is 10.0. The van der Waals surface area contributed by atoms with Crippen LogP contribution in [0.5, 0.6) is 0 Å². The molecule has 1 aromatic heterocycles. The Morgan fingerprint density at radius 1 is 1.69 bits per heavy atom. The Labute approximate surface area is 101 Å². The summed E-state index contributed by atoms with van der Waals surface area (Å²) in [6.07, 6.45) is 4.28. The molecule has 0 aliphatic carbocycles. The van der Waals surface area contributed by atoms with Gasteiger partial charge < -0.3 is 0 Å². The first-order valence-corrected chi connectivity index (χ1v) is 7.64. The van der Waals surface area contributed by atoms with E-state index >= 15 is 0 Å². The van der Waals surface area contributed by atoms with Crippen molar-refractivity contribution in [2.75, 3.05) is 11.5 Å². The van der Waals surface area contributed by atoms with E-state index in [2.05, 4.69) is 5.10 Å². The molecule has 1 fully saturated rings. The summed E-state index contributed by atoms with van der Waals surface area (Å²) in [6, 6.07) is 0. The summed E-state index contributed by atoms with van der Waals surface area (Å²) in [6.45, 7) is 2.80. The minimum atomic E-state index is -2.86. The van der Waals surface area contributed by atoms with Gasteiger partial charge in [-0.3, -0.25) is 4.68 Å². The summed E-state index contributed by atoms with van der Waals surface area (Å²) in [4.78, 5) is 0. The van der Waals surface area contributed by atoms with Crippen LogP contribution in [0.2, 0.25) is 0 Å². The molecule has 2 atom stereocenters. The highest BCUT2D eigenvalue weighted by Crippen LogP contribution is 2.35. The van der Waals surface area contributed by atoms with Crippen LogP contribution in [0.15, 0.2) is 12.4 Å². The van der Waals surface area contributed by atoms with Gasteiger partial charge in [0.25, 0.3) is 0 Å². The van der Waals surface area contributed by atoms with Crippen LogP contribution in [0.4, 0.5) is 0 Å². The van der Waals surface area contributed by atoms with Crippen LogP contribution in [0.3, 0.4) is 0 Å². The van der Waals surface area contributed by atoms with E-state index in [1.54, 1.807) is 10.9 Å². The number of rotatable bonds is 3. The molecule has 1 aliphatic rings. The molecule has 0 spiro atoms. The third kappa shape index (κ3) is 2.40. The number of halogens is 1. The molecule has 6 heteroatoms. The van der Waals surface area contributed by atoms with Crippen molar-refractivity contribution in [3.8, 4) is 0 Å². The molecular formula is C10H15ClN2O2S. The Balaban J connectivity index is 2.11. The maximum Gasteiger partial charge on any atom is 0.150 e. The highest BCUT2D eigenvalue weighted by atomic mass is 35.5. The van der Waals surface area contributed by atoms with E-state index < -0.39 is 9.84 Å². The van der Waals surface area contributed by atoms with Crippen molar-refractivity contribution in [1.29, 1.82) is 0 Å². The van der Waals surface area contributed by atoms with Gasteiger partial charge in [0, 0.05) is 18.3 Å². The molecule has 2 rings (SSSR count). The molecule has 1 aliphatic heterocycles. The Kier molecular flexibility index (Phi) is 3.26. The average Bonchev–Trinajstić information content (AvgIpc) is 2.83. The zero-order valence-corrected chi connectivity index (χ0v) is 10.7. The molecule has 2 unspecified atom stereocenters. The number of aromatic nitrogens is 2. The summed E-state index contributed by atoms with van der Waals surface area (Å²) >= 11 is 6.29. The SMILES string of the molecule is CCn1cc(C(Cl)C2CCS(=O)(=O)C2)cn1. The van der Waals surface area contributed by atoms with Crippen LogP contribution >= 0.6 is 11.6 Å². The van der Waals surface area contributed by atoms with Gasteiger partial charge in [0.1, 0.15) is 0 Å². The van der Waals surface area contributed by atoms with Crippen LogP contribution < -0.4 is 0 Å². The van der Waals surface area contributed by atoms with Crippen molar-refractivity contribution < 1.29 is 8.42 Å². The molecule has 0 radical (unpaired) electrons. The number of nitrogens with zero attached hydrogens (tertiary/aromatic N) is 2. The Bertz CT molecular complexity index is 469. The van der Waals surface area contributed by atoms with Crippen molar-refractivity contribution >= 4 is 21.4 Å². The zero-order valence-electron chi connectivity index (χ0n) is 9.13. The number of alkyl halides is 1. The van der Waals surface area contributed by atoms with Gasteiger partial charge in [-0.2, -0.15) is 5.10 Å². The Hall–Kier alpha value is -0.550. The fourth-order valence-corrected chi connectivity index (χ4v) is 4.30. The van der Waals surface area contributed by atoms with Gasteiger partial charge in [0.2, 0.25) is 0 Å². The van der Waals surface area contributed by atoms with Gasteiger partial charge in [-0.1, -0.05) is 0 Å². The molecule has 2 heterocycles. The second kappa shape index (κ2) is 4.37. The monoisotopic (exact) mass is 262 g/mol. The van der Waals surface area contributed by atoms with Crippen molar-refractivity contribution in [3.05, 3.63) is 18.0 Å². The second-order valence-electron chi connectivity index (χ2n) is 4.19. The molecule has 16 heavy (non-hydrogen) atoms. The molecule has 0 bridgehead atoms. The van der Waals surface area contributed by atoms with Gasteiger partial charge >= 0.3 is 0 Å². The molecule has 1 aromatic rings. The maximum atomic E-state index is 11.4. The van der Waals surface area contributed by atoms with Crippen molar-refractivity contribution in [2.45, 2.75) is 25.3 Å². The highest BCUT2D eigenvalue weighted by Gasteiger charge is 2.33. The van der Waals surface area contributed by atoms with Crippen LogP contribution in [0, 0.1) is 5.92 Å². The largest absolute Gasteiger partial charge is 0.273 e. The lowest BCUT2D eigenvalue weighted by molar-refractivity contribution is 0.568. The standard InChI is InChI=1S/C10H15ClN2O2S/c1-2-13-6-9(5-12-13)10(11)8-3-4-16(14,15)7-8/h5-6,8,10H,2-4,7H2,1H3. The minimum absolute atomic E-state index is 0.0289. The van der Waals surface area contributed by atoms with Crippen LogP contribution in [-0.2, 0) is 16.4 Å². The fourth-order valence-electron chi connectivity index (χ4n) is 2.02. The number of hydrogen-bond acceptors (Lipinski definition) is 3. The summed E-state index contributed by atoms with van der Waals surface area (Å²) in [5, 5.41) is 3.91. The van der Waals surface area contributed by atoms with Crippen LogP contribution in [-0.4, -0.2) is 29.7 Å². The maximum absolute atomic E-state index is 11.4. The predicted octanol–water partition coefficient (Wildman–Crippen LogP) is 1.62. The summed E-state index contributed by atoms with van der Waals surface area (Å²) in [5.74, 6) is 0.502. The number of hydrogen-bond donors (Lipinski definition) is 0. The van der Waals surface area contributed by atoms with E-state index in [1.165, 1.54) is 0 Å². The molecule has 1 saturated heterocycles. The second-order valence-corrected chi connectivity index (χ2v) is 6.89. The van der Waals surface area contributed by atoms with Crippen LogP contribution in [0.1, 0.15) is 24.3 Å². The molecule has 0 aromatic carbocycles. The zero-order chi connectivity index (χ0) is 11.8. The topological polar surface area (TPSA) is 52.0 Å². The van der Waals surface area contributed by atoms with Gasteiger partial charge in [0.15, 0.2) is 9.84 Å². The molecule has 0 amide bonds. The van der Waals surface area contributed by atoms with Gasteiger partial charge in [-0.25, -0.2) is 8.42 Å². The van der Waals surface area contributed by atoms with E-state index in [1.807, 2.05) is 13.1 Å². The van der Waals surface area contributed by atoms with E-state index in [4.69, 9.17) is 11.6 Å². The van der Waals surface area contributed by atoms with Gasteiger partial charge in [0.05, 0.1) is 23.1 Å². The minimum Gasteiger partial charge on any atom is -0.273 e. The van der Waals surface area contributed by atoms with Crippen molar-refractivity contribution in [3.63, 3.8) is 0 Å². The third-order valence-electron chi connectivity index (χ3n) is 2.98. The van der Waals surface area contributed by atoms with Crippen molar-refractivity contribution in [2.24, 2.45) is 5.92 Å². The molecule has 90 valence electrons. The lowest BCUT2D eigenvalue weighted by Crippen LogP contribution is -2.10. The normalized spacial score (nSPS) is 25.8. The van der Waals surface area contributed by atoms with E-state index in [0.29, 0.717) is 6.42 Å². The predicted molar refractivity (Wildman–Crippen MR) is 63.3 cm³/mol. The molecule has 4 nitrogen and oxygen atoms in total. The quantitative estimate of drug-likeness (QED) is 0.778. The van der Waals surface area contributed by atoms with E-state index in [0.717, 1.165) is 12.1 Å². The van der Waals surface area contributed by atoms with Crippen molar-refractivity contribution in [1.82, 2.24) is 9.78 Å². The number of aryl methyl sites for hydroxylation is 1. The summed E-state index contributed by atoms with van der Waals surface area (Å²) < 4.78 is 24.5. The van der Waals surface area contributed by atoms with Gasteiger partial charge in [-0.15, -0.1) is 11.6 Å². The fraction of sp³-hybridized carbons (Fsp3) is 0.700. The Morgan fingerprint density at radius 3 is 2.94 bits per heavy atom. The molecular weight excluding hydrogens is 248 g/mol. The first-order chi connectivity index (χ1) is 7.52. The highest BCUT2D eigenvalue weighted by molar-refractivity contribution is 7.91. The number of sulfone groups is 1. The summed E-state index contributed by atoms with van der Waals surface area (Å²) in [7, 11) is -2.86. The summed E-state index contributed by atoms with van der Waals surface area (Å²) in [5.41, 5.74) is 0.922. The first kappa shape index (κ1) is 11.9. The van der Waals surface area contributed by atoms with Crippen LogP contribution in [0.25, 0.3) is 0 Å². The smallest absolute Gasteiger partial charge is 0.150 e. The Morgan fingerprint density at radius 2 is 2.44 bits per heavy atom. The van der Waals surface area contributed by atoms with E-state index in [9.17, 15) is 8.42 Å². The first-order valence-electron chi connectivity index (χ1n) is 5.38. The molecule has 0 N–H and O–H groups in total. The molecule has 0 saturated carbocycles. The van der Waals surface area contributed by atoms with E-state index in [-0.39, 0.29) is 22.8 Å².